The van der Waals surface area contributed by atoms with Gasteiger partial charge in [-0.15, -0.1) is 5.10 Å². The molecule has 1 aromatic carbocycles. The van der Waals surface area contributed by atoms with Gasteiger partial charge in [0.05, 0.1) is 5.69 Å². The molecule has 2 aromatic heterocycles. The highest BCUT2D eigenvalue weighted by molar-refractivity contribution is 7.20. The summed E-state index contributed by atoms with van der Waals surface area (Å²) in [6, 6.07) is 7.38. The number of rotatable bonds is 2. The Kier molecular flexibility index (Phi) is 3.33. The zero-order chi connectivity index (χ0) is 14.1. The second-order valence-electron chi connectivity index (χ2n) is 3.95. The van der Waals surface area contributed by atoms with Gasteiger partial charge in [-0.3, -0.25) is 4.79 Å². The molecule has 0 aliphatic heterocycles. The molecule has 0 N–H and O–H groups in total. The topological polar surface area (TPSA) is 47.3 Å². The van der Waals surface area contributed by atoms with Gasteiger partial charge in [0, 0.05) is 6.07 Å². The predicted octanol–water partition coefficient (Wildman–Crippen LogP) is 3.11. The number of nitrogens with zero attached hydrogens (tertiary/aromatic N) is 3. The van der Waals surface area contributed by atoms with Crippen molar-refractivity contribution in [3.8, 4) is 0 Å². The molecule has 4 nitrogen and oxygen atoms in total. The van der Waals surface area contributed by atoms with Crippen LogP contribution in [-0.4, -0.2) is 14.6 Å². The van der Waals surface area contributed by atoms with Gasteiger partial charge in [0.2, 0.25) is 9.43 Å². The van der Waals surface area contributed by atoms with E-state index in [0.29, 0.717) is 10.7 Å². The van der Waals surface area contributed by atoms with Crippen molar-refractivity contribution in [2.45, 2.75) is 0 Å². The molecule has 2 heterocycles. The summed E-state index contributed by atoms with van der Waals surface area (Å²) in [5.74, 6) is -0.292. The minimum atomic E-state index is -0.295. The summed E-state index contributed by atoms with van der Waals surface area (Å²) in [6.07, 6.45) is 3.43. The van der Waals surface area contributed by atoms with Crippen molar-refractivity contribution in [1.82, 2.24) is 14.6 Å². The van der Waals surface area contributed by atoms with Crippen LogP contribution in [0.3, 0.4) is 0 Å². The Morgan fingerprint density at radius 2 is 2.00 bits per heavy atom. The molecule has 7 heteroatoms. The molecule has 0 atom stereocenters. The summed E-state index contributed by atoms with van der Waals surface area (Å²) in [4.78, 5) is 16.5. The summed E-state index contributed by atoms with van der Waals surface area (Å²) in [5.41, 5.74) is 1.02. The van der Waals surface area contributed by atoms with Gasteiger partial charge < -0.3 is 0 Å². The van der Waals surface area contributed by atoms with E-state index in [1.54, 1.807) is 24.3 Å². The first-order valence-electron chi connectivity index (χ1n) is 5.62. The summed E-state index contributed by atoms with van der Waals surface area (Å²) >= 11 is 6.88. The number of aromatic nitrogens is 3. The molecule has 3 aromatic rings. The summed E-state index contributed by atoms with van der Waals surface area (Å²) < 4.78 is 14.2. The average molecular weight is 308 g/mol. The normalized spacial score (nSPS) is 11.5. The average Bonchev–Trinajstić information content (AvgIpc) is 2.79. The molecular formula is C13H7ClFN3OS. The van der Waals surface area contributed by atoms with Crippen LogP contribution < -0.4 is 5.56 Å². The molecule has 0 aliphatic rings. The molecule has 20 heavy (non-hydrogen) atoms. The van der Waals surface area contributed by atoms with Gasteiger partial charge in [0.1, 0.15) is 5.82 Å². The predicted molar refractivity (Wildman–Crippen MR) is 77.5 cm³/mol. The number of hydrogen-bond donors (Lipinski definition) is 0. The second-order valence-corrected chi connectivity index (χ2v) is 5.49. The minimum absolute atomic E-state index is 0.259. The maximum Gasteiger partial charge on any atom is 0.275 e. The van der Waals surface area contributed by atoms with E-state index in [1.807, 2.05) is 0 Å². The van der Waals surface area contributed by atoms with Crippen molar-refractivity contribution in [2.75, 3.05) is 0 Å². The summed E-state index contributed by atoms with van der Waals surface area (Å²) in [6.45, 7) is 0. The van der Waals surface area contributed by atoms with Crippen LogP contribution in [0.15, 0.2) is 35.1 Å². The molecule has 0 saturated heterocycles. The van der Waals surface area contributed by atoms with E-state index in [1.165, 1.54) is 18.2 Å². The Hall–Kier alpha value is -2.05. The second kappa shape index (κ2) is 5.15. The van der Waals surface area contributed by atoms with E-state index in [2.05, 4.69) is 10.1 Å². The summed E-state index contributed by atoms with van der Waals surface area (Å²) in [5, 5.41) is 3.84. The molecule has 100 valence electrons. The lowest BCUT2D eigenvalue weighted by atomic mass is 10.2. The first kappa shape index (κ1) is 13.0. The zero-order valence-electron chi connectivity index (χ0n) is 9.96. The van der Waals surface area contributed by atoms with Crippen LogP contribution in [0.1, 0.15) is 11.3 Å². The fraction of sp³-hybridized carbons (Fsp3) is 0. The Balaban J connectivity index is 1.98. The third-order valence-corrected chi connectivity index (χ3v) is 3.56. The fourth-order valence-corrected chi connectivity index (χ4v) is 2.57. The lowest BCUT2D eigenvalue weighted by Gasteiger charge is -1.95. The van der Waals surface area contributed by atoms with E-state index in [-0.39, 0.29) is 15.8 Å². The quantitative estimate of drug-likeness (QED) is 0.731. The molecule has 0 spiro atoms. The van der Waals surface area contributed by atoms with Crippen LogP contribution in [0.4, 0.5) is 4.39 Å². The van der Waals surface area contributed by atoms with E-state index < -0.39 is 0 Å². The van der Waals surface area contributed by atoms with Crippen LogP contribution in [-0.2, 0) is 0 Å². The van der Waals surface area contributed by atoms with Crippen molar-refractivity contribution in [3.05, 3.63) is 62.2 Å². The Labute approximate surface area is 121 Å². The maximum atomic E-state index is 12.8. The van der Waals surface area contributed by atoms with Crippen molar-refractivity contribution in [3.63, 3.8) is 0 Å². The molecule has 0 amide bonds. The van der Waals surface area contributed by atoms with Crippen LogP contribution in [0, 0.1) is 5.82 Å². The van der Waals surface area contributed by atoms with Crippen LogP contribution in [0.25, 0.3) is 17.1 Å². The molecule has 0 fully saturated rings. The summed E-state index contributed by atoms with van der Waals surface area (Å²) in [7, 11) is 0. The number of halogens is 2. The lowest BCUT2D eigenvalue weighted by molar-refractivity contribution is 0.628. The smallest absolute Gasteiger partial charge is 0.267 e. The van der Waals surface area contributed by atoms with Gasteiger partial charge in [-0.2, -0.15) is 4.52 Å². The lowest BCUT2D eigenvalue weighted by Crippen LogP contribution is -2.14. The maximum absolute atomic E-state index is 12.8. The molecular weight excluding hydrogens is 301 g/mol. The van der Waals surface area contributed by atoms with Gasteiger partial charge in [0.25, 0.3) is 5.56 Å². The highest BCUT2D eigenvalue weighted by atomic mass is 35.5. The molecule has 0 radical (unpaired) electrons. The van der Waals surface area contributed by atoms with Gasteiger partial charge in [-0.1, -0.05) is 29.5 Å². The minimum Gasteiger partial charge on any atom is -0.267 e. The van der Waals surface area contributed by atoms with E-state index >= 15 is 0 Å². The van der Waals surface area contributed by atoms with Crippen molar-refractivity contribution < 1.29 is 4.39 Å². The SMILES string of the molecule is O=c1cc(C=Cc2ccc(F)cc2)nc2sc(Cl)nn12. The zero-order valence-corrected chi connectivity index (χ0v) is 11.5. The first-order chi connectivity index (χ1) is 9.61. The number of fused-ring (bicyclic) bond motifs is 1. The molecule has 0 aliphatic carbocycles. The van der Waals surface area contributed by atoms with Gasteiger partial charge in [-0.25, -0.2) is 9.37 Å². The standard InChI is InChI=1S/C13H7ClFN3OS/c14-12-17-18-11(19)7-10(16-13(18)20-12)6-3-8-1-4-9(15)5-2-8/h1-7H. The first-order valence-corrected chi connectivity index (χ1v) is 6.81. The van der Waals surface area contributed by atoms with Gasteiger partial charge >= 0.3 is 0 Å². The molecule has 0 bridgehead atoms. The van der Waals surface area contributed by atoms with Crippen molar-refractivity contribution in [1.29, 1.82) is 0 Å². The van der Waals surface area contributed by atoms with E-state index in [4.69, 9.17) is 11.6 Å². The monoisotopic (exact) mass is 307 g/mol. The van der Waals surface area contributed by atoms with Crippen LogP contribution in [0.5, 0.6) is 0 Å². The largest absolute Gasteiger partial charge is 0.275 e. The molecule has 0 saturated carbocycles. The Morgan fingerprint density at radius 1 is 1.25 bits per heavy atom. The van der Waals surface area contributed by atoms with Gasteiger partial charge in [-0.05, 0) is 35.4 Å². The fourth-order valence-electron chi connectivity index (χ4n) is 1.65. The van der Waals surface area contributed by atoms with Crippen molar-refractivity contribution in [2.24, 2.45) is 0 Å². The Bertz CT molecular complexity index is 854. The number of benzene rings is 1. The highest BCUT2D eigenvalue weighted by Gasteiger charge is 2.05. The van der Waals surface area contributed by atoms with Crippen LogP contribution >= 0.6 is 22.9 Å². The Morgan fingerprint density at radius 3 is 2.75 bits per heavy atom. The highest BCUT2D eigenvalue weighted by Crippen LogP contribution is 2.16. The number of hydrogen-bond acceptors (Lipinski definition) is 4. The molecule has 3 rings (SSSR count). The van der Waals surface area contributed by atoms with E-state index in [0.717, 1.165) is 21.4 Å². The molecule has 0 unspecified atom stereocenters. The third-order valence-electron chi connectivity index (χ3n) is 2.56. The van der Waals surface area contributed by atoms with Gasteiger partial charge in [0.15, 0.2) is 0 Å². The van der Waals surface area contributed by atoms with Crippen molar-refractivity contribution >= 4 is 40.1 Å². The van der Waals surface area contributed by atoms with Crippen LogP contribution in [0.2, 0.25) is 4.47 Å². The van der Waals surface area contributed by atoms with E-state index in [9.17, 15) is 9.18 Å². The third kappa shape index (κ3) is 2.61.